The predicted molar refractivity (Wildman–Crippen MR) is 94.3 cm³/mol. The van der Waals surface area contributed by atoms with Crippen molar-refractivity contribution in [2.45, 2.75) is 20.0 Å². The highest BCUT2D eigenvalue weighted by molar-refractivity contribution is 6.03. The lowest BCUT2D eigenvalue weighted by Crippen LogP contribution is -2.24. The number of nitrogens with two attached hydrogens (primary N) is 1. The summed E-state index contributed by atoms with van der Waals surface area (Å²) in [6, 6.07) is 14.0. The second kappa shape index (κ2) is 8.01. The number of nitrogens with one attached hydrogen (secondary N) is 2. The van der Waals surface area contributed by atoms with Crippen molar-refractivity contribution in [3.8, 4) is 5.75 Å². The molecule has 2 aromatic carbocycles. The van der Waals surface area contributed by atoms with Gasteiger partial charge in [-0.15, -0.1) is 0 Å². The third kappa shape index (κ3) is 5.01. The maximum atomic E-state index is 12.0. The first-order chi connectivity index (χ1) is 11.5. The molecule has 0 bridgehead atoms. The van der Waals surface area contributed by atoms with E-state index in [-0.39, 0.29) is 24.1 Å². The van der Waals surface area contributed by atoms with Crippen LogP contribution < -0.4 is 21.1 Å². The van der Waals surface area contributed by atoms with Gasteiger partial charge in [0.05, 0.1) is 23.9 Å². The molecule has 2 aromatic rings. The van der Waals surface area contributed by atoms with Gasteiger partial charge in [0.1, 0.15) is 5.75 Å². The van der Waals surface area contributed by atoms with Crippen LogP contribution in [0.3, 0.4) is 0 Å². The average Bonchev–Trinajstić information content (AvgIpc) is 2.54. The minimum Gasteiger partial charge on any atom is -0.491 e. The number of carbonyl (C=O) groups excluding carboxylic acids is 2. The number of carbonyl (C=O) groups is 2. The molecule has 126 valence electrons. The van der Waals surface area contributed by atoms with E-state index in [1.54, 1.807) is 24.3 Å². The summed E-state index contributed by atoms with van der Waals surface area (Å²) >= 11 is 0. The molecule has 0 fully saturated rings. The summed E-state index contributed by atoms with van der Waals surface area (Å²) in [6.45, 7) is 3.98. The fourth-order valence-corrected chi connectivity index (χ4v) is 2.11. The smallest absolute Gasteiger partial charge is 0.250 e. The Morgan fingerprint density at radius 2 is 1.75 bits per heavy atom. The number of benzene rings is 2. The highest BCUT2D eigenvalue weighted by Gasteiger charge is 2.10. The Kier molecular flexibility index (Phi) is 5.78. The van der Waals surface area contributed by atoms with Gasteiger partial charge in [0.2, 0.25) is 5.91 Å². The molecule has 0 spiro atoms. The summed E-state index contributed by atoms with van der Waals surface area (Å²) in [5.41, 5.74) is 6.76. The molecule has 0 saturated heterocycles. The van der Waals surface area contributed by atoms with E-state index in [1.807, 2.05) is 38.1 Å². The maximum absolute atomic E-state index is 12.0. The van der Waals surface area contributed by atoms with E-state index < -0.39 is 5.91 Å². The molecule has 0 aromatic heterocycles. The molecular formula is C18H21N3O3. The minimum absolute atomic E-state index is 0.0669. The van der Waals surface area contributed by atoms with Gasteiger partial charge in [-0.1, -0.05) is 12.1 Å². The zero-order chi connectivity index (χ0) is 17.5. The van der Waals surface area contributed by atoms with Gasteiger partial charge in [-0.25, -0.2) is 0 Å². The van der Waals surface area contributed by atoms with Crippen LogP contribution >= 0.6 is 0 Å². The number of hydrogen-bond donors (Lipinski definition) is 3. The van der Waals surface area contributed by atoms with Crippen molar-refractivity contribution in [3.63, 3.8) is 0 Å². The molecule has 2 amide bonds. The molecule has 24 heavy (non-hydrogen) atoms. The van der Waals surface area contributed by atoms with E-state index in [1.165, 1.54) is 0 Å². The van der Waals surface area contributed by atoms with Gasteiger partial charge >= 0.3 is 0 Å². The minimum atomic E-state index is -0.584. The van der Waals surface area contributed by atoms with Crippen LogP contribution in [0.2, 0.25) is 0 Å². The largest absolute Gasteiger partial charge is 0.491 e. The number of primary amides is 1. The summed E-state index contributed by atoms with van der Waals surface area (Å²) in [7, 11) is 0. The lowest BCUT2D eigenvalue weighted by Gasteiger charge is -2.12. The van der Waals surface area contributed by atoms with Gasteiger partial charge in [-0.2, -0.15) is 0 Å². The van der Waals surface area contributed by atoms with Crippen LogP contribution in [-0.4, -0.2) is 24.5 Å². The van der Waals surface area contributed by atoms with Gasteiger partial charge in [-0.05, 0) is 50.2 Å². The molecule has 0 heterocycles. The van der Waals surface area contributed by atoms with Crippen molar-refractivity contribution in [2.24, 2.45) is 5.73 Å². The van der Waals surface area contributed by atoms with Crippen LogP contribution in [0.4, 0.5) is 11.4 Å². The zero-order valence-corrected chi connectivity index (χ0v) is 13.7. The molecule has 2 rings (SSSR count). The lowest BCUT2D eigenvalue weighted by molar-refractivity contribution is -0.114. The monoisotopic (exact) mass is 327 g/mol. The first kappa shape index (κ1) is 17.3. The molecule has 0 radical (unpaired) electrons. The molecule has 0 aliphatic carbocycles. The first-order valence-electron chi connectivity index (χ1n) is 7.65. The zero-order valence-electron chi connectivity index (χ0n) is 13.7. The fraction of sp³-hybridized carbons (Fsp3) is 0.222. The van der Waals surface area contributed by atoms with E-state index in [0.717, 1.165) is 11.4 Å². The third-order valence-corrected chi connectivity index (χ3v) is 3.15. The molecule has 0 unspecified atom stereocenters. The van der Waals surface area contributed by atoms with E-state index in [9.17, 15) is 9.59 Å². The molecular weight excluding hydrogens is 306 g/mol. The van der Waals surface area contributed by atoms with Crippen LogP contribution in [0.15, 0.2) is 48.5 Å². The van der Waals surface area contributed by atoms with Crippen molar-refractivity contribution in [3.05, 3.63) is 54.1 Å². The number of ether oxygens (including phenoxy) is 1. The highest BCUT2D eigenvalue weighted by Crippen LogP contribution is 2.17. The van der Waals surface area contributed by atoms with Crippen LogP contribution in [-0.2, 0) is 4.79 Å². The molecule has 6 nitrogen and oxygen atoms in total. The predicted octanol–water partition coefficient (Wildman–Crippen LogP) is 2.62. The van der Waals surface area contributed by atoms with Gasteiger partial charge in [0.15, 0.2) is 0 Å². The van der Waals surface area contributed by atoms with Crippen LogP contribution in [0.25, 0.3) is 0 Å². The van der Waals surface area contributed by atoms with E-state index in [2.05, 4.69) is 10.6 Å². The Hall–Kier alpha value is -3.02. The fourth-order valence-electron chi connectivity index (χ4n) is 2.11. The lowest BCUT2D eigenvalue weighted by atomic mass is 10.1. The number of hydrogen-bond acceptors (Lipinski definition) is 4. The summed E-state index contributed by atoms with van der Waals surface area (Å²) in [6.07, 6.45) is 0.111. The van der Waals surface area contributed by atoms with E-state index in [4.69, 9.17) is 10.5 Å². The van der Waals surface area contributed by atoms with Gasteiger partial charge < -0.3 is 21.1 Å². The van der Waals surface area contributed by atoms with Crippen LogP contribution in [0.1, 0.15) is 24.2 Å². The van der Waals surface area contributed by atoms with Crippen molar-refractivity contribution in [2.75, 3.05) is 17.2 Å². The second-order valence-electron chi connectivity index (χ2n) is 5.50. The first-order valence-corrected chi connectivity index (χ1v) is 7.65. The Balaban J connectivity index is 1.91. The molecule has 0 atom stereocenters. The molecule has 0 aliphatic rings. The van der Waals surface area contributed by atoms with Crippen LogP contribution in [0, 0.1) is 0 Å². The normalized spacial score (nSPS) is 10.3. The van der Waals surface area contributed by atoms with E-state index in [0.29, 0.717) is 5.69 Å². The molecule has 0 aliphatic heterocycles. The summed E-state index contributed by atoms with van der Waals surface area (Å²) < 4.78 is 5.56. The molecule has 0 saturated carbocycles. The van der Waals surface area contributed by atoms with E-state index >= 15 is 0 Å². The Morgan fingerprint density at radius 3 is 2.38 bits per heavy atom. The number of anilines is 2. The number of para-hydroxylation sites is 1. The van der Waals surface area contributed by atoms with Crippen molar-refractivity contribution >= 4 is 23.2 Å². The average molecular weight is 327 g/mol. The highest BCUT2D eigenvalue weighted by atomic mass is 16.5. The maximum Gasteiger partial charge on any atom is 0.250 e. The van der Waals surface area contributed by atoms with Gasteiger partial charge in [-0.3, -0.25) is 9.59 Å². The van der Waals surface area contributed by atoms with Crippen molar-refractivity contribution in [1.82, 2.24) is 0 Å². The van der Waals surface area contributed by atoms with Crippen molar-refractivity contribution < 1.29 is 14.3 Å². The quantitative estimate of drug-likeness (QED) is 0.729. The Labute approximate surface area is 141 Å². The van der Waals surface area contributed by atoms with Crippen LogP contribution in [0.5, 0.6) is 5.75 Å². The summed E-state index contributed by atoms with van der Waals surface area (Å²) in [5.74, 6) is -0.0822. The summed E-state index contributed by atoms with van der Waals surface area (Å²) in [4.78, 5) is 23.4. The van der Waals surface area contributed by atoms with Crippen molar-refractivity contribution in [1.29, 1.82) is 0 Å². The number of rotatable bonds is 7. The molecule has 6 heteroatoms. The van der Waals surface area contributed by atoms with Gasteiger partial charge in [0.25, 0.3) is 5.91 Å². The summed E-state index contributed by atoms with van der Waals surface area (Å²) in [5, 5.41) is 5.68. The third-order valence-electron chi connectivity index (χ3n) is 3.15. The SMILES string of the molecule is CC(C)Oc1ccc(NCC(=O)Nc2ccccc2C(N)=O)cc1. The Morgan fingerprint density at radius 1 is 1.08 bits per heavy atom. The standard InChI is InChI=1S/C18H21N3O3/c1-12(2)24-14-9-7-13(8-10-14)20-11-17(22)21-16-6-4-3-5-15(16)18(19)23/h3-10,12,20H,11H2,1-2H3,(H2,19,23)(H,21,22). The number of amides is 2. The Bertz CT molecular complexity index is 712. The molecule has 4 N–H and O–H groups in total. The second-order valence-corrected chi connectivity index (χ2v) is 5.50. The topological polar surface area (TPSA) is 93.4 Å². The van der Waals surface area contributed by atoms with Gasteiger partial charge in [0, 0.05) is 5.69 Å².